The fourth-order valence-electron chi connectivity index (χ4n) is 1.03. The van der Waals surface area contributed by atoms with E-state index in [-0.39, 0.29) is 0 Å². The van der Waals surface area contributed by atoms with Crippen molar-refractivity contribution in [2.24, 2.45) is 5.41 Å². The van der Waals surface area contributed by atoms with Crippen LogP contribution in [-0.4, -0.2) is 16.1 Å². The zero-order chi connectivity index (χ0) is 9.90. The van der Waals surface area contributed by atoms with E-state index < -0.39 is 11.4 Å². The summed E-state index contributed by atoms with van der Waals surface area (Å²) in [5.41, 5.74) is 0.0730. The number of aliphatic carboxylic acids is 1. The lowest BCUT2D eigenvalue weighted by molar-refractivity contribution is -0.146. The number of nitrogens with zero attached hydrogens (tertiary/aromatic N) is 1. The molecular weight excluding hydrogens is 166 g/mol. The molecule has 0 fully saturated rings. The lowest BCUT2D eigenvalue weighted by atomic mass is 9.88. The Morgan fingerprint density at radius 2 is 2.23 bits per heavy atom. The first-order chi connectivity index (χ1) is 6.02. The molecule has 1 heterocycles. The number of aromatic nitrogens is 1. The minimum Gasteiger partial charge on any atom is -0.481 e. The van der Waals surface area contributed by atoms with Crippen molar-refractivity contribution < 1.29 is 9.90 Å². The molecule has 3 heteroatoms. The molecule has 0 saturated heterocycles. The monoisotopic (exact) mass is 179 g/mol. The summed E-state index contributed by atoms with van der Waals surface area (Å²) < 4.78 is 0. The van der Waals surface area contributed by atoms with E-state index in [1.54, 1.807) is 20.0 Å². The van der Waals surface area contributed by atoms with Crippen LogP contribution in [0.3, 0.4) is 0 Å². The third kappa shape index (κ3) is 2.54. The molecule has 1 rings (SSSR count). The lowest BCUT2D eigenvalue weighted by Gasteiger charge is -2.17. The van der Waals surface area contributed by atoms with Crippen LogP contribution in [0, 0.1) is 5.41 Å². The molecule has 1 aromatic rings. The van der Waals surface area contributed by atoms with Crippen molar-refractivity contribution in [3.63, 3.8) is 0 Å². The molecule has 0 aliphatic heterocycles. The highest BCUT2D eigenvalue weighted by Crippen LogP contribution is 2.20. The molecule has 13 heavy (non-hydrogen) atoms. The molecule has 0 radical (unpaired) electrons. The van der Waals surface area contributed by atoms with Crippen molar-refractivity contribution in [1.29, 1.82) is 0 Å². The largest absolute Gasteiger partial charge is 0.481 e. The third-order valence-corrected chi connectivity index (χ3v) is 1.93. The molecule has 0 unspecified atom stereocenters. The van der Waals surface area contributed by atoms with Crippen molar-refractivity contribution in [1.82, 2.24) is 4.98 Å². The molecule has 0 atom stereocenters. The van der Waals surface area contributed by atoms with E-state index in [0.717, 1.165) is 5.69 Å². The average Bonchev–Trinajstić information content (AvgIpc) is 2.05. The fourth-order valence-corrected chi connectivity index (χ4v) is 1.03. The van der Waals surface area contributed by atoms with Gasteiger partial charge < -0.3 is 5.11 Å². The van der Waals surface area contributed by atoms with E-state index in [2.05, 4.69) is 4.98 Å². The molecule has 70 valence electrons. The van der Waals surface area contributed by atoms with Crippen molar-refractivity contribution in [3.8, 4) is 0 Å². The highest BCUT2D eigenvalue weighted by atomic mass is 16.4. The Morgan fingerprint density at radius 1 is 1.54 bits per heavy atom. The molecule has 0 saturated carbocycles. The van der Waals surface area contributed by atoms with Gasteiger partial charge in [-0.25, -0.2) is 0 Å². The minimum absolute atomic E-state index is 0.461. The smallest absolute Gasteiger partial charge is 0.309 e. The van der Waals surface area contributed by atoms with Gasteiger partial charge in [0, 0.05) is 18.3 Å². The Bertz CT molecular complexity index is 293. The van der Waals surface area contributed by atoms with Gasteiger partial charge in [0.25, 0.3) is 0 Å². The Balaban J connectivity index is 2.75. The zero-order valence-electron chi connectivity index (χ0n) is 7.82. The van der Waals surface area contributed by atoms with Gasteiger partial charge in [0.05, 0.1) is 5.41 Å². The van der Waals surface area contributed by atoms with E-state index in [4.69, 9.17) is 5.11 Å². The summed E-state index contributed by atoms with van der Waals surface area (Å²) in [6.45, 7) is 3.40. The van der Waals surface area contributed by atoms with Gasteiger partial charge in [0.1, 0.15) is 0 Å². The second kappa shape index (κ2) is 3.56. The Hall–Kier alpha value is -1.38. The molecule has 0 amide bonds. The molecular formula is C10H13NO2. The first-order valence-electron chi connectivity index (χ1n) is 4.16. The van der Waals surface area contributed by atoms with Crippen LogP contribution in [0.15, 0.2) is 24.4 Å². The summed E-state index contributed by atoms with van der Waals surface area (Å²) in [6, 6.07) is 5.52. The second-order valence-electron chi connectivity index (χ2n) is 3.69. The standard InChI is InChI=1S/C10H13NO2/c1-10(2,9(12)13)7-8-5-3-4-6-11-8/h3-6H,7H2,1-2H3,(H,12,13). The molecule has 1 N–H and O–H groups in total. The van der Waals surface area contributed by atoms with Gasteiger partial charge in [-0.1, -0.05) is 6.07 Å². The summed E-state index contributed by atoms with van der Waals surface area (Å²) in [6.07, 6.45) is 2.14. The number of hydrogen-bond donors (Lipinski definition) is 1. The van der Waals surface area contributed by atoms with E-state index >= 15 is 0 Å². The van der Waals surface area contributed by atoms with Crippen molar-refractivity contribution in [2.75, 3.05) is 0 Å². The topological polar surface area (TPSA) is 50.2 Å². The van der Waals surface area contributed by atoms with Crippen LogP contribution in [0.25, 0.3) is 0 Å². The summed E-state index contributed by atoms with van der Waals surface area (Å²) in [4.78, 5) is 14.9. The number of carboxylic acids is 1. The first kappa shape index (κ1) is 9.71. The zero-order valence-corrected chi connectivity index (χ0v) is 7.82. The molecule has 0 aliphatic carbocycles. The number of pyridine rings is 1. The fraction of sp³-hybridized carbons (Fsp3) is 0.400. The minimum atomic E-state index is -0.793. The molecule has 0 bridgehead atoms. The maximum atomic E-state index is 10.8. The van der Waals surface area contributed by atoms with Gasteiger partial charge in [0.15, 0.2) is 0 Å². The second-order valence-corrected chi connectivity index (χ2v) is 3.69. The van der Waals surface area contributed by atoms with Gasteiger partial charge in [-0.05, 0) is 26.0 Å². The lowest BCUT2D eigenvalue weighted by Crippen LogP contribution is -2.26. The van der Waals surface area contributed by atoms with E-state index in [9.17, 15) is 4.79 Å². The summed E-state index contributed by atoms with van der Waals surface area (Å²) >= 11 is 0. The van der Waals surface area contributed by atoms with Crippen molar-refractivity contribution in [3.05, 3.63) is 30.1 Å². The highest BCUT2D eigenvalue weighted by molar-refractivity contribution is 5.73. The normalized spacial score (nSPS) is 11.2. The summed E-state index contributed by atoms with van der Waals surface area (Å²) in [5.74, 6) is -0.793. The van der Waals surface area contributed by atoms with E-state index in [0.29, 0.717) is 6.42 Å². The quantitative estimate of drug-likeness (QED) is 0.768. The van der Waals surface area contributed by atoms with Gasteiger partial charge >= 0.3 is 5.97 Å². The number of carboxylic acid groups (broad SMARTS) is 1. The van der Waals surface area contributed by atoms with Crippen molar-refractivity contribution in [2.45, 2.75) is 20.3 Å². The molecule has 3 nitrogen and oxygen atoms in total. The van der Waals surface area contributed by atoms with Gasteiger partial charge in [-0.2, -0.15) is 0 Å². The van der Waals surface area contributed by atoms with Crippen LogP contribution < -0.4 is 0 Å². The Labute approximate surface area is 77.4 Å². The van der Waals surface area contributed by atoms with Crippen LogP contribution in [0.5, 0.6) is 0 Å². The summed E-state index contributed by atoms with van der Waals surface area (Å²) in [7, 11) is 0. The van der Waals surface area contributed by atoms with Crippen molar-refractivity contribution >= 4 is 5.97 Å². The highest BCUT2D eigenvalue weighted by Gasteiger charge is 2.27. The number of rotatable bonds is 3. The van der Waals surface area contributed by atoms with Crippen LogP contribution in [-0.2, 0) is 11.2 Å². The molecule has 0 spiro atoms. The van der Waals surface area contributed by atoms with Gasteiger partial charge in [-0.3, -0.25) is 9.78 Å². The van der Waals surface area contributed by atoms with E-state index in [1.807, 2.05) is 18.2 Å². The first-order valence-corrected chi connectivity index (χ1v) is 4.16. The summed E-state index contributed by atoms with van der Waals surface area (Å²) in [5, 5.41) is 8.87. The maximum absolute atomic E-state index is 10.8. The number of carbonyl (C=O) groups is 1. The maximum Gasteiger partial charge on any atom is 0.309 e. The molecule has 1 aromatic heterocycles. The number of hydrogen-bond acceptors (Lipinski definition) is 2. The third-order valence-electron chi connectivity index (χ3n) is 1.93. The van der Waals surface area contributed by atoms with Crippen LogP contribution in [0.4, 0.5) is 0 Å². The Kier molecular flexibility index (Phi) is 2.66. The average molecular weight is 179 g/mol. The van der Waals surface area contributed by atoms with E-state index in [1.165, 1.54) is 0 Å². The van der Waals surface area contributed by atoms with Crippen LogP contribution in [0.1, 0.15) is 19.5 Å². The Morgan fingerprint density at radius 3 is 2.69 bits per heavy atom. The predicted molar refractivity (Wildman–Crippen MR) is 49.4 cm³/mol. The van der Waals surface area contributed by atoms with Crippen LogP contribution >= 0.6 is 0 Å². The van der Waals surface area contributed by atoms with Gasteiger partial charge in [-0.15, -0.1) is 0 Å². The SMILES string of the molecule is CC(C)(Cc1ccccn1)C(=O)O. The van der Waals surface area contributed by atoms with Crippen LogP contribution in [0.2, 0.25) is 0 Å². The van der Waals surface area contributed by atoms with Gasteiger partial charge in [0.2, 0.25) is 0 Å². The molecule has 0 aromatic carbocycles. The molecule has 0 aliphatic rings. The predicted octanol–water partition coefficient (Wildman–Crippen LogP) is 1.73.